The second-order valence-corrected chi connectivity index (χ2v) is 10.5. The van der Waals surface area contributed by atoms with Gasteiger partial charge in [-0.3, -0.25) is 9.69 Å². The molecule has 0 bridgehead atoms. The lowest BCUT2D eigenvalue weighted by Crippen LogP contribution is -2.55. The number of rotatable bonds is 8. The van der Waals surface area contributed by atoms with Crippen LogP contribution in [-0.4, -0.2) is 54.5 Å². The molecule has 1 N–H and O–H groups in total. The van der Waals surface area contributed by atoms with Crippen molar-refractivity contribution in [3.63, 3.8) is 0 Å². The second-order valence-electron chi connectivity index (χ2n) is 10.5. The Morgan fingerprint density at radius 2 is 1.49 bits per heavy atom. The van der Waals surface area contributed by atoms with Crippen LogP contribution in [0.3, 0.4) is 0 Å². The third-order valence-corrected chi connectivity index (χ3v) is 8.12. The van der Waals surface area contributed by atoms with Crippen LogP contribution < -0.4 is 10.1 Å². The zero-order chi connectivity index (χ0) is 25.5. The fraction of sp³-hybridized carbons (Fsp3) is 0.406. The van der Waals surface area contributed by atoms with Crippen LogP contribution in [-0.2, 0) is 16.8 Å². The van der Waals surface area contributed by atoms with Gasteiger partial charge in [-0.05, 0) is 80.7 Å². The van der Waals surface area contributed by atoms with Crippen molar-refractivity contribution in [2.24, 2.45) is 0 Å². The lowest BCUT2D eigenvalue weighted by atomic mass is 9.71. The van der Waals surface area contributed by atoms with Gasteiger partial charge >= 0.3 is 0 Å². The van der Waals surface area contributed by atoms with Crippen molar-refractivity contribution in [1.29, 1.82) is 0 Å². The molecule has 0 aromatic heterocycles. The minimum absolute atomic E-state index is 0.221. The van der Waals surface area contributed by atoms with E-state index in [1.807, 2.05) is 42.5 Å². The topological polar surface area (TPSA) is 44.8 Å². The van der Waals surface area contributed by atoms with E-state index in [0.29, 0.717) is 0 Å². The molecule has 2 fully saturated rings. The Balaban J connectivity index is 1.16. The van der Waals surface area contributed by atoms with Crippen LogP contribution in [0.4, 0.5) is 0 Å². The first kappa shape index (κ1) is 25.5. The summed E-state index contributed by atoms with van der Waals surface area (Å²) in [6, 6.07) is 29.0. The number of benzene rings is 3. The summed E-state index contributed by atoms with van der Waals surface area (Å²) in [7, 11) is 0. The summed E-state index contributed by atoms with van der Waals surface area (Å²) >= 11 is 0. The average Bonchev–Trinajstić information content (AvgIpc) is 2.95. The maximum absolute atomic E-state index is 13.8. The minimum Gasteiger partial charge on any atom is -0.457 e. The van der Waals surface area contributed by atoms with E-state index in [-0.39, 0.29) is 11.9 Å². The van der Waals surface area contributed by atoms with Crippen LogP contribution in [0.5, 0.6) is 11.5 Å². The van der Waals surface area contributed by atoms with E-state index in [9.17, 15) is 4.79 Å². The molecule has 0 atom stereocenters. The molecule has 3 aromatic rings. The summed E-state index contributed by atoms with van der Waals surface area (Å²) in [6.45, 7) is 8.07. The number of carbonyl (C=O) groups is 1. The van der Waals surface area contributed by atoms with Crippen LogP contribution >= 0.6 is 0 Å². The van der Waals surface area contributed by atoms with Crippen LogP contribution in [0.2, 0.25) is 0 Å². The number of amides is 1. The number of piperidine rings is 2. The Morgan fingerprint density at radius 3 is 2.16 bits per heavy atom. The standard InChI is InChI=1S/C32H39N3O2/c1-2-34-22-18-32(19-23-34,27-11-5-3-6-12-27)31(36)33-28-16-20-35(21-17-28)25-26-10-9-15-30(24-26)37-29-13-7-4-8-14-29/h3-15,24,28H,2,16-23,25H2,1H3,(H,33,36). The molecule has 0 unspecified atom stereocenters. The van der Waals surface area contributed by atoms with Gasteiger partial charge in [0.05, 0.1) is 5.41 Å². The Hall–Kier alpha value is -3.15. The Morgan fingerprint density at radius 1 is 0.838 bits per heavy atom. The quantitative estimate of drug-likeness (QED) is 0.439. The Kier molecular flexibility index (Phi) is 8.22. The van der Waals surface area contributed by atoms with Crippen molar-refractivity contribution in [2.45, 2.75) is 50.6 Å². The summed E-state index contributed by atoms with van der Waals surface area (Å²) in [6.07, 6.45) is 3.74. The molecule has 5 heteroatoms. The number of nitrogens with zero attached hydrogens (tertiary/aromatic N) is 2. The van der Waals surface area contributed by atoms with E-state index in [4.69, 9.17) is 4.74 Å². The molecule has 2 saturated heterocycles. The summed E-state index contributed by atoms with van der Waals surface area (Å²) in [5.41, 5.74) is 2.00. The highest BCUT2D eigenvalue weighted by atomic mass is 16.5. The van der Waals surface area contributed by atoms with Crippen LogP contribution in [0.1, 0.15) is 43.7 Å². The smallest absolute Gasteiger partial charge is 0.230 e. The van der Waals surface area contributed by atoms with Gasteiger partial charge in [-0.2, -0.15) is 0 Å². The van der Waals surface area contributed by atoms with Gasteiger partial charge in [0.1, 0.15) is 11.5 Å². The SMILES string of the molecule is CCN1CCC(C(=O)NC2CCN(Cc3cccc(Oc4ccccc4)c3)CC2)(c2ccccc2)CC1. The normalized spacial score (nSPS) is 18.8. The molecule has 2 aliphatic rings. The van der Waals surface area contributed by atoms with Crippen LogP contribution in [0.15, 0.2) is 84.9 Å². The zero-order valence-corrected chi connectivity index (χ0v) is 21.9. The van der Waals surface area contributed by atoms with Gasteiger partial charge < -0.3 is 15.0 Å². The van der Waals surface area contributed by atoms with E-state index >= 15 is 0 Å². The monoisotopic (exact) mass is 497 g/mol. The molecule has 194 valence electrons. The number of hydrogen-bond acceptors (Lipinski definition) is 4. The first-order valence-corrected chi connectivity index (χ1v) is 13.8. The Bertz CT molecular complexity index is 1130. The van der Waals surface area contributed by atoms with Gasteiger partial charge in [0.2, 0.25) is 5.91 Å². The third kappa shape index (κ3) is 6.23. The van der Waals surface area contributed by atoms with E-state index in [1.165, 1.54) is 11.1 Å². The lowest BCUT2D eigenvalue weighted by molar-refractivity contribution is -0.129. The summed E-state index contributed by atoms with van der Waals surface area (Å²) < 4.78 is 6.02. The van der Waals surface area contributed by atoms with Crippen molar-refractivity contribution in [2.75, 3.05) is 32.7 Å². The Labute approximate surface area is 221 Å². The highest BCUT2D eigenvalue weighted by molar-refractivity contribution is 5.88. The number of para-hydroxylation sites is 1. The number of likely N-dealkylation sites (tertiary alicyclic amines) is 2. The predicted molar refractivity (Wildman–Crippen MR) is 149 cm³/mol. The summed E-state index contributed by atoms with van der Waals surface area (Å²) in [4.78, 5) is 18.7. The van der Waals surface area contributed by atoms with Crippen molar-refractivity contribution in [1.82, 2.24) is 15.1 Å². The molecule has 0 radical (unpaired) electrons. The number of nitrogens with one attached hydrogen (secondary N) is 1. The van der Waals surface area contributed by atoms with E-state index in [2.05, 4.69) is 64.5 Å². The zero-order valence-electron chi connectivity index (χ0n) is 21.9. The fourth-order valence-corrected chi connectivity index (χ4v) is 5.80. The predicted octanol–water partition coefficient (Wildman–Crippen LogP) is 5.61. The van der Waals surface area contributed by atoms with E-state index in [1.54, 1.807) is 0 Å². The van der Waals surface area contributed by atoms with Crippen LogP contribution in [0.25, 0.3) is 0 Å². The van der Waals surface area contributed by atoms with Crippen molar-refractivity contribution in [3.8, 4) is 11.5 Å². The van der Waals surface area contributed by atoms with Gasteiger partial charge in [0, 0.05) is 25.7 Å². The van der Waals surface area contributed by atoms with Crippen molar-refractivity contribution in [3.05, 3.63) is 96.1 Å². The first-order valence-electron chi connectivity index (χ1n) is 13.8. The number of hydrogen-bond donors (Lipinski definition) is 1. The summed E-state index contributed by atoms with van der Waals surface area (Å²) in [5, 5.41) is 3.48. The molecular formula is C32H39N3O2. The molecule has 5 nitrogen and oxygen atoms in total. The largest absolute Gasteiger partial charge is 0.457 e. The van der Waals surface area contributed by atoms with Gasteiger partial charge in [0.25, 0.3) is 0 Å². The van der Waals surface area contributed by atoms with Gasteiger partial charge in [-0.15, -0.1) is 0 Å². The van der Waals surface area contributed by atoms with Crippen LogP contribution in [0, 0.1) is 0 Å². The molecule has 0 spiro atoms. The third-order valence-electron chi connectivity index (χ3n) is 8.12. The van der Waals surface area contributed by atoms with Gasteiger partial charge in [0.15, 0.2) is 0 Å². The highest BCUT2D eigenvalue weighted by Gasteiger charge is 2.43. The molecule has 37 heavy (non-hydrogen) atoms. The van der Waals surface area contributed by atoms with Crippen molar-refractivity contribution >= 4 is 5.91 Å². The molecule has 0 saturated carbocycles. The second kappa shape index (κ2) is 11.9. The molecular weight excluding hydrogens is 458 g/mol. The molecule has 2 aliphatic heterocycles. The van der Waals surface area contributed by atoms with E-state index < -0.39 is 5.41 Å². The first-order chi connectivity index (χ1) is 18.1. The molecule has 5 rings (SSSR count). The average molecular weight is 498 g/mol. The molecule has 3 aromatic carbocycles. The van der Waals surface area contributed by atoms with Crippen molar-refractivity contribution < 1.29 is 9.53 Å². The number of ether oxygens (including phenoxy) is 1. The molecule has 2 heterocycles. The maximum atomic E-state index is 13.8. The fourth-order valence-electron chi connectivity index (χ4n) is 5.80. The lowest BCUT2D eigenvalue weighted by Gasteiger charge is -2.42. The minimum atomic E-state index is -0.413. The van der Waals surface area contributed by atoms with Gasteiger partial charge in [-0.1, -0.05) is 67.6 Å². The van der Waals surface area contributed by atoms with Gasteiger partial charge in [-0.25, -0.2) is 0 Å². The molecule has 1 amide bonds. The maximum Gasteiger partial charge on any atom is 0.230 e. The number of carbonyl (C=O) groups excluding carboxylic acids is 1. The van der Waals surface area contributed by atoms with E-state index in [0.717, 1.165) is 76.5 Å². The molecule has 0 aliphatic carbocycles. The summed E-state index contributed by atoms with van der Waals surface area (Å²) in [5.74, 6) is 1.94. The highest BCUT2D eigenvalue weighted by Crippen LogP contribution is 2.36.